The maximum atomic E-state index is 9.75. The summed E-state index contributed by atoms with van der Waals surface area (Å²) in [7, 11) is -4.34. The van der Waals surface area contributed by atoms with Gasteiger partial charge in [0.05, 0.1) is 13.2 Å². The van der Waals surface area contributed by atoms with Gasteiger partial charge in [-0.05, 0) is 0 Å². The van der Waals surface area contributed by atoms with Gasteiger partial charge in [-0.15, -0.1) is 0 Å². The van der Waals surface area contributed by atoms with E-state index in [9.17, 15) is 4.57 Å². The molecular formula is C2H11K4O5P. The molecule has 0 amide bonds. The van der Waals surface area contributed by atoms with E-state index in [1.165, 1.54) is 0 Å². The number of phosphoric acid groups is 1. The Morgan fingerprint density at radius 3 is 1.50 bits per heavy atom. The van der Waals surface area contributed by atoms with E-state index in [-0.39, 0.29) is 219 Å². The molecule has 0 saturated heterocycles. The van der Waals surface area contributed by atoms with Gasteiger partial charge in [0.1, 0.15) is 0 Å². The number of aliphatic hydroxyl groups is 1. The second-order valence-electron chi connectivity index (χ2n) is 1.05. The van der Waals surface area contributed by atoms with E-state index >= 15 is 0 Å². The predicted molar refractivity (Wildman–Crippen MR) is 53.7 cm³/mol. The number of phosphoric ester groups is 1. The monoisotopic (exact) mass is 302 g/mol. The molecule has 3 N–H and O–H groups in total. The summed E-state index contributed by atoms with van der Waals surface area (Å²) in [6.07, 6.45) is 0. The fourth-order valence-electron chi connectivity index (χ4n) is 0.160. The van der Waals surface area contributed by atoms with Crippen molar-refractivity contribution in [3.8, 4) is 0 Å². The summed E-state index contributed by atoms with van der Waals surface area (Å²) in [6, 6.07) is 0. The van der Waals surface area contributed by atoms with Gasteiger partial charge in [0, 0.05) is 0 Å². The van der Waals surface area contributed by atoms with Gasteiger partial charge < -0.3 is 14.9 Å². The Morgan fingerprint density at radius 2 is 1.42 bits per heavy atom. The maximum absolute atomic E-state index is 9.75. The third-order valence-corrected chi connectivity index (χ3v) is 0.870. The van der Waals surface area contributed by atoms with Crippen molar-refractivity contribution < 1.29 is 24.0 Å². The number of hydrogen-bond acceptors (Lipinski definition) is 3. The molecule has 12 heavy (non-hydrogen) atoms. The fourth-order valence-corrected chi connectivity index (χ4v) is 0.479. The van der Waals surface area contributed by atoms with Crippen LogP contribution in [0.15, 0.2) is 0 Å². The zero-order valence-corrected chi connectivity index (χ0v) is 4.91. The molecule has 0 aliphatic rings. The van der Waals surface area contributed by atoms with Crippen molar-refractivity contribution in [3.63, 3.8) is 0 Å². The van der Waals surface area contributed by atoms with Gasteiger partial charge in [-0.3, -0.25) is 4.52 Å². The molecule has 0 aromatic rings. The minimum atomic E-state index is -4.34. The quantitative estimate of drug-likeness (QED) is 0.372. The first-order valence-corrected chi connectivity index (χ1v) is 3.40. The van der Waals surface area contributed by atoms with E-state index in [2.05, 4.69) is 4.52 Å². The molecule has 10 heteroatoms. The average molecular weight is 302 g/mol. The summed E-state index contributed by atoms with van der Waals surface area (Å²) in [4.78, 5) is 15.9. The molecule has 0 aliphatic heterocycles. The summed E-state index contributed by atoms with van der Waals surface area (Å²) in [5, 5.41) is 7.96. The molecule has 0 aromatic carbocycles. The predicted octanol–water partition coefficient (Wildman–Crippen LogP) is -3.51. The summed E-state index contributed by atoms with van der Waals surface area (Å²) >= 11 is 0. The van der Waals surface area contributed by atoms with Gasteiger partial charge in [-0.1, -0.05) is 0 Å². The molecular weight excluding hydrogens is 291 g/mol. The summed E-state index contributed by atoms with van der Waals surface area (Å²) in [5.41, 5.74) is 0. The van der Waals surface area contributed by atoms with E-state index in [1.807, 2.05) is 0 Å². The van der Waals surface area contributed by atoms with Crippen LogP contribution >= 0.6 is 7.82 Å². The standard InChI is InChI=1S/C2H7O5P.4K.4H/c3-1-2-7-8(4,5)6;;;;;;;;/h3H,1-2H2,(H2,4,5,6);;;;;;;;. The molecule has 0 unspecified atom stereocenters. The Bertz CT molecular complexity index is 106. The van der Waals surface area contributed by atoms with Gasteiger partial charge in [0.2, 0.25) is 0 Å². The zero-order chi connectivity index (χ0) is 6.62. The molecule has 0 aromatic heterocycles. The van der Waals surface area contributed by atoms with Crippen molar-refractivity contribution >= 4 is 213 Å². The first-order chi connectivity index (χ1) is 3.56. The van der Waals surface area contributed by atoms with Gasteiger partial charge >= 0.3 is 213 Å². The van der Waals surface area contributed by atoms with Crippen molar-refractivity contribution in [2.75, 3.05) is 13.2 Å². The Kier molecular flexibility index (Phi) is 51.8. The molecule has 0 atom stereocenters. The van der Waals surface area contributed by atoms with E-state index < -0.39 is 7.82 Å². The van der Waals surface area contributed by atoms with Crippen LogP contribution < -0.4 is 0 Å². The molecule has 0 saturated carbocycles. The van der Waals surface area contributed by atoms with Crippen LogP contribution in [0.3, 0.4) is 0 Å². The van der Waals surface area contributed by atoms with Crippen LogP contribution in [0.4, 0.5) is 0 Å². The Balaban J connectivity index is -0.0000000408. The van der Waals surface area contributed by atoms with Crippen LogP contribution in [0.2, 0.25) is 0 Å². The van der Waals surface area contributed by atoms with Crippen molar-refractivity contribution in [1.29, 1.82) is 0 Å². The summed E-state index contributed by atoms with van der Waals surface area (Å²) < 4.78 is 13.5. The third kappa shape index (κ3) is 30.0. The van der Waals surface area contributed by atoms with Crippen molar-refractivity contribution in [2.24, 2.45) is 0 Å². The van der Waals surface area contributed by atoms with Crippen LogP contribution in [0, 0.1) is 0 Å². The van der Waals surface area contributed by atoms with Crippen molar-refractivity contribution in [3.05, 3.63) is 0 Å². The Labute approximate surface area is 242 Å². The van der Waals surface area contributed by atoms with E-state index in [0.29, 0.717) is 0 Å². The summed E-state index contributed by atoms with van der Waals surface area (Å²) in [5.74, 6) is 0. The SMILES string of the molecule is O=P(O)(O)OCCO.[KH].[KH].[KH].[KH]. The Hall–Kier alpha value is 6.62. The molecule has 0 radical (unpaired) electrons. The minimum absolute atomic E-state index is 0. The van der Waals surface area contributed by atoms with Gasteiger partial charge in [-0.25, -0.2) is 4.57 Å². The van der Waals surface area contributed by atoms with Gasteiger partial charge in [-0.2, -0.15) is 0 Å². The number of aliphatic hydroxyl groups excluding tert-OH is 1. The van der Waals surface area contributed by atoms with Crippen molar-refractivity contribution in [2.45, 2.75) is 0 Å². The molecule has 0 spiro atoms. The van der Waals surface area contributed by atoms with E-state index in [4.69, 9.17) is 14.9 Å². The molecule has 0 rings (SSSR count). The van der Waals surface area contributed by atoms with E-state index in [0.717, 1.165) is 0 Å². The van der Waals surface area contributed by atoms with Crippen LogP contribution in [0.25, 0.3) is 0 Å². The molecule has 0 heterocycles. The number of rotatable bonds is 3. The average Bonchev–Trinajstić information content (AvgIpc) is 1.59. The number of hydrogen-bond donors (Lipinski definition) is 3. The van der Waals surface area contributed by atoms with E-state index in [1.54, 1.807) is 0 Å². The molecule has 0 bridgehead atoms. The van der Waals surface area contributed by atoms with Crippen LogP contribution in [-0.4, -0.2) is 234 Å². The molecule has 58 valence electrons. The van der Waals surface area contributed by atoms with Crippen LogP contribution in [-0.2, 0) is 9.09 Å². The topological polar surface area (TPSA) is 87.0 Å². The molecule has 0 fully saturated rings. The molecule has 5 nitrogen and oxygen atoms in total. The normalized spacial score (nSPS) is 7.92. The van der Waals surface area contributed by atoms with Gasteiger partial charge in [0.25, 0.3) is 0 Å². The second-order valence-corrected chi connectivity index (χ2v) is 2.29. The van der Waals surface area contributed by atoms with Crippen LogP contribution in [0.5, 0.6) is 0 Å². The summed E-state index contributed by atoms with van der Waals surface area (Å²) in [6.45, 7) is -0.713. The second kappa shape index (κ2) is 19.9. The van der Waals surface area contributed by atoms with Crippen molar-refractivity contribution in [1.82, 2.24) is 0 Å². The third-order valence-electron chi connectivity index (χ3n) is 0.351. The first-order valence-electron chi connectivity index (χ1n) is 1.87. The zero-order valence-electron chi connectivity index (χ0n) is 4.02. The first kappa shape index (κ1) is 31.2. The van der Waals surface area contributed by atoms with Crippen LogP contribution in [0.1, 0.15) is 0 Å². The Morgan fingerprint density at radius 1 is 1.08 bits per heavy atom. The molecule has 0 aliphatic carbocycles. The van der Waals surface area contributed by atoms with Gasteiger partial charge in [0.15, 0.2) is 0 Å². The fraction of sp³-hybridized carbons (Fsp3) is 1.00.